The van der Waals surface area contributed by atoms with Gasteiger partial charge in [-0.25, -0.2) is 0 Å². The molecule has 0 aliphatic carbocycles. The summed E-state index contributed by atoms with van der Waals surface area (Å²) in [5, 5.41) is 6.90. The van der Waals surface area contributed by atoms with Gasteiger partial charge in [0.1, 0.15) is 11.5 Å². The van der Waals surface area contributed by atoms with E-state index in [1.165, 1.54) is 16.8 Å². The molecule has 3 rings (SSSR count). The lowest BCUT2D eigenvalue weighted by molar-refractivity contribution is 0.395. The minimum atomic E-state index is 0.763. The lowest BCUT2D eigenvalue weighted by Gasteiger charge is -2.14. The van der Waals surface area contributed by atoms with Crippen LogP contribution >= 0.6 is 0 Å². The molecule has 2 aromatic rings. The molecule has 1 heterocycles. The minimum Gasteiger partial charge on any atom is -0.497 e. The molecule has 4 heteroatoms. The van der Waals surface area contributed by atoms with Crippen LogP contribution in [0.1, 0.15) is 11.1 Å². The lowest BCUT2D eigenvalue weighted by atomic mass is 10.1. The molecule has 21 heavy (non-hydrogen) atoms. The first kappa shape index (κ1) is 13.6. The van der Waals surface area contributed by atoms with Crippen molar-refractivity contribution in [2.45, 2.75) is 13.0 Å². The van der Waals surface area contributed by atoms with Crippen molar-refractivity contribution in [1.29, 1.82) is 0 Å². The Morgan fingerprint density at radius 1 is 1.14 bits per heavy atom. The summed E-state index contributed by atoms with van der Waals surface area (Å²) in [6.07, 6.45) is 1.11. The van der Waals surface area contributed by atoms with Gasteiger partial charge in [0.25, 0.3) is 0 Å². The molecule has 0 bridgehead atoms. The number of rotatable bonds is 5. The van der Waals surface area contributed by atoms with Crippen molar-refractivity contribution < 1.29 is 9.47 Å². The van der Waals surface area contributed by atoms with Crippen molar-refractivity contribution in [2.24, 2.45) is 0 Å². The molecule has 0 aromatic heterocycles. The number of methoxy groups -OCH3 is 2. The number of fused-ring (bicyclic) bond motifs is 1. The van der Waals surface area contributed by atoms with Crippen LogP contribution in [0.4, 0.5) is 11.4 Å². The predicted molar refractivity (Wildman–Crippen MR) is 85.5 cm³/mol. The third-order valence-corrected chi connectivity index (χ3v) is 3.81. The zero-order chi connectivity index (χ0) is 14.7. The fraction of sp³-hybridized carbons (Fsp3) is 0.294. The van der Waals surface area contributed by atoms with Crippen molar-refractivity contribution in [3.63, 3.8) is 0 Å². The summed E-state index contributed by atoms with van der Waals surface area (Å²) in [5.41, 5.74) is 4.92. The van der Waals surface area contributed by atoms with Crippen LogP contribution in [-0.2, 0) is 13.0 Å². The summed E-state index contributed by atoms with van der Waals surface area (Å²) in [7, 11) is 3.32. The monoisotopic (exact) mass is 284 g/mol. The van der Waals surface area contributed by atoms with Gasteiger partial charge >= 0.3 is 0 Å². The zero-order valence-corrected chi connectivity index (χ0v) is 12.4. The average Bonchev–Trinajstić information content (AvgIpc) is 3.01. The Morgan fingerprint density at radius 3 is 2.86 bits per heavy atom. The largest absolute Gasteiger partial charge is 0.497 e. The maximum Gasteiger partial charge on any atom is 0.145 e. The molecule has 0 fully saturated rings. The molecule has 2 N–H and O–H groups in total. The second-order valence-corrected chi connectivity index (χ2v) is 5.05. The smallest absolute Gasteiger partial charge is 0.145 e. The van der Waals surface area contributed by atoms with Crippen LogP contribution < -0.4 is 20.1 Å². The summed E-state index contributed by atoms with van der Waals surface area (Å²) >= 11 is 0. The van der Waals surface area contributed by atoms with E-state index in [1.807, 2.05) is 18.2 Å². The molecule has 0 unspecified atom stereocenters. The molecule has 110 valence electrons. The second-order valence-electron chi connectivity index (χ2n) is 5.05. The normalized spacial score (nSPS) is 12.5. The highest BCUT2D eigenvalue weighted by atomic mass is 16.5. The molecule has 0 atom stereocenters. The van der Waals surface area contributed by atoms with Gasteiger partial charge in [-0.1, -0.05) is 18.2 Å². The highest BCUT2D eigenvalue weighted by Gasteiger charge is 2.13. The van der Waals surface area contributed by atoms with E-state index >= 15 is 0 Å². The summed E-state index contributed by atoms with van der Waals surface area (Å²) < 4.78 is 10.6. The van der Waals surface area contributed by atoms with Crippen LogP contribution in [0.25, 0.3) is 0 Å². The fourth-order valence-corrected chi connectivity index (χ4v) is 2.69. The number of para-hydroxylation sites is 1. The molecule has 0 spiro atoms. The van der Waals surface area contributed by atoms with Crippen molar-refractivity contribution >= 4 is 11.4 Å². The lowest BCUT2D eigenvalue weighted by Crippen LogP contribution is -2.04. The third kappa shape index (κ3) is 2.75. The fourth-order valence-electron chi connectivity index (χ4n) is 2.69. The number of hydrogen-bond acceptors (Lipinski definition) is 4. The van der Waals surface area contributed by atoms with Crippen molar-refractivity contribution in [3.8, 4) is 11.5 Å². The molecular weight excluding hydrogens is 264 g/mol. The highest BCUT2D eigenvalue weighted by molar-refractivity contribution is 5.64. The first-order valence-electron chi connectivity index (χ1n) is 7.12. The maximum absolute atomic E-state index is 5.41. The van der Waals surface area contributed by atoms with E-state index in [-0.39, 0.29) is 0 Å². The Morgan fingerprint density at radius 2 is 2.05 bits per heavy atom. The van der Waals surface area contributed by atoms with Gasteiger partial charge in [0.2, 0.25) is 0 Å². The Balaban J connectivity index is 1.78. The second kappa shape index (κ2) is 5.95. The van der Waals surface area contributed by atoms with Crippen LogP contribution in [0.15, 0.2) is 36.4 Å². The van der Waals surface area contributed by atoms with Gasteiger partial charge in [-0.3, -0.25) is 0 Å². The summed E-state index contributed by atoms with van der Waals surface area (Å²) in [5.74, 6) is 1.58. The Labute approximate surface area is 125 Å². The number of nitrogens with one attached hydrogen (secondary N) is 2. The van der Waals surface area contributed by atoms with Gasteiger partial charge in [0, 0.05) is 24.8 Å². The predicted octanol–water partition coefficient (Wildman–Crippen LogP) is 3.28. The Kier molecular flexibility index (Phi) is 3.86. The Bertz CT molecular complexity index is 641. The number of benzene rings is 2. The maximum atomic E-state index is 5.41. The van der Waals surface area contributed by atoms with Crippen LogP contribution in [0.3, 0.4) is 0 Å². The van der Waals surface area contributed by atoms with E-state index < -0.39 is 0 Å². The number of anilines is 2. The van der Waals surface area contributed by atoms with Gasteiger partial charge in [0.05, 0.1) is 19.9 Å². The first-order chi connectivity index (χ1) is 10.3. The van der Waals surface area contributed by atoms with Gasteiger partial charge in [-0.15, -0.1) is 0 Å². The van der Waals surface area contributed by atoms with E-state index in [1.54, 1.807) is 14.2 Å². The van der Waals surface area contributed by atoms with Crippen LogP contribution in [-0.4, -0.2) is 20.8 Å². The Hall–Kier alpha value is -2.36. The first-order valence-corrected chi connectivity index (χ1v) is 7.12. The van der Waals surface area contributed by atoms with Crippen molar-refractivity contribution in [2.75, 3.05) is 31.4 Å². The molecule has 0 radical (unpaired) electrons. The van der Waals surface area contributed by atoms with E-state index in [9.17, 15) is 0 Å². The number of hydrogen-bond donors (Lipinski definition) is 2. The van der Waals surface area contributed by atoms with E-state index in [0.717, 1.165) is 36.7 Å². The molecule has 0 saturated heterocycles. The van der Waals surface area contributed by atoms with Crippen LogP contribution in [0.2, 0.25) is 0 Å². The molecular formula is C17H20N2O2. The molecule has 1 aliphatic rings. The van der Waals surface area contributed by atoms with E-state index in [4.69, 9.17) is 9.47 Å². The summed E-state index contributed by atoms with van der Waals surface area (Å²) in [6, 6.07) is 12.3. The van der Waals surface area contributed by atoms with Gasteiger partial charge in [-0.2, -0.15) is 0 Å². The quantitative estimate of drug-likeness (QED) is 0.884. The molecule has 1 aliphatic heterocycles. The molecule has 0 amide bonds. The standard InChI is InChI=1S/C17H20N2O2/c1-20-14-6-7-15(16(10-14)21-2)19-11-13-5-3-4-12-8-9-18-17(12)13/h3-7,10,18-19H,8-9,11H2,1-2H3. The zero-order valence-electron chi connectivity index (χ0n) is 12.4. The highest BCUT2D eigenvalue weighted by Crippen LogP contribution is 2.31. The van der Waals surface area contributed by atoms with Crippen LogP contribution in [0, 0.1) is 0 Å². The summed E-state index contributed by atoms with van der Waals surface area (Å²) in [6.45, 7) is 1.79. The van der Waals surface area contributed by atoms with E-state index in [0.29, 0.717) is 0 Å². The minimum absolute atomic E-state index is 0.763. The topological polar surface area (TPSA) is 42.5 Å². The third-order valence-electron chi connectivity index (χ3n) is 3.81. The molecule has 4 nitrogen and oxygen atoms in total. The van der Waals surface area contributed by atoms with Gasteiger partial charge < -0.3 is 20.1 Å². The van der Waals surface area contributed by atoms with Crippen LogP contribution in [0.5, 0.6) is 11.5 Å². The molecule has 0 saturated carbocycles. The van der Waals surface area contributed by atoms with Crippen molar-refractivity contribution in [3.05, 3.63) is 47.5 Å². The van der Waals surface area contributed by atoms with E-state index in [2.05, 4.69) is 28.8 Å². The van der Waals surface area contributed by atoms with Gasteiger partial charge in [0.15, 0.2) is 0 Å². The average molecular weight is 284 g/mol. The van der Waals surface area contributed by atoms with Crippen molar-refractivity contribution in [1.82, 2.24) is 0 Å². The summed E-state index contributed by atoms with van der Waals surface area (Å²) in [4.78, 5) is 0. The SMILES string of the molecule is COc1ccc(NCc2cccc3c2NCC3)c(OC)c1. The van der Waals surface area contributed by atoms with Gasteiger partial charge in [-0.05, 0) is 29.7 Å². The molecule has 2 aromatic carbocycles. The number of ether oxygens (including phenoxy) is 2.